The van der Waals surface area contributed by atoms with E-state index in [1.54, 1.807) is 11.1 Å². The van der Waals surface area contributed by atoms with Crippen LogP contribution in [0.5, 0.6) is 0 Å². The average Bonchev–Trinajstić information content (AvgIpc) is 2.95. The molecule has 0 radical (unpaired) electrons. The van der Waals surface area contributed by atoms with Crippen molar-refractivity contribution in [1.29, 1.82) is 0 Å². The number of carbonyl (C=O) groups is 1. The third-order valence-corrected chi connectivity index (χ3v) is 3.78. The van der Waals surface area contributed by atoms with Crippen molar-refractivity contribution < 1.29 is 4.79 Å². The lowest BCUT2D eigenvalue weighted by molar-refractivity contribution is -0.121. The summed E-state index contributed by atoms with van der Waals surface area (Å²) in [4.78, 5) is 13.6. The Hall–Kier alpha value is -2.99. The Bertz CT molecular complexity index is 912. The Morgan fingerprint density at radius 3 is 2.72 bits per heavy atom. The molecule has 3 rings (SSSR count). The maximum Gasteiger partial charge on any atom is 0.254 e. The van der Waals surface area contributed by atoms with Gasteiger partial charge in [-0.1, -0.05) is 36.4 Å². The lowest BCUT2D eigenvalue weighted by Gasteiger charge is -2.06. The van der Waals surface area contributed by atoms with Gasteiger partial charge in [-0.25, -0.2) is 9.94 Å². The van der Waals surface area contributed by atoms with Gasteiger partial charge in [0.25, 0.3) is 5.91 Å². The highest BCUT2D eigenvalue weighted by Crippen LogP contribution is 2.26. The van der Waals surface area contributed by atoms with E-state index in [2.05, 4.69) is 10.5 Å². The van der Waals surface area contributed by atoms with Gasteiger partial charge in [0.05, 0.1) is 18.3 Å². The molecule has 0 aliphatic carbocycles. The SMILES string of the molecule is Cc1cccn2nc(-c3ccccc3)c(C=NNC(=O)CN(C)C)c12. The topological polar surface area (TPSA) is 62.0 Å². The molecule has 6 heteroatoms. The summed E-state index contributed by atoms with van der Waals surface area (Å²) in [6.07, 6.45) is 3.59. The summed E-state index contributed by atoms with van der Waals surface area (Å²) in [6, 6.07) is 14.0. The van der Waals surface area contributed by atoms with E-state index in [0.717, 1.165) is 27.9 Å². The van der Waals surface area contributed by atoms with E-state index in [0.29, 0.717) is 0 Å². The Balaban J connectivity index is 2.01. The van der Waals surface area contributed by atoms with Gasteiger partial charge in [0.1, 0.15) is 5.69 Å². The van der Waals surface area contributed by atoms with E-state index in [4.69, 9.17) is 5.10 Å². The van der Waals surface area contributed by atoms with Crippen LogP contribution >= 0.6 is 0 Å². The number of fused-ring (bicyclic) bond motifs is 1. The fourth-order valence-corrected chi connectivity index (χ4v) is 2.72. The summed E-state index contributed by atoms with van der Waals surface area (Å²) in [7, 11) is 3.68. The standard InChI is InChI=1S/C19H21N5O/c1-14-8-7-11-24-19(14)16(12-20-21-17(25)13-23(2)3)18(22-24)15-9-5-4-6-10-15/h4-12H,13H2,1-3H3,(H,21,25). The molecule has 0 saturated heterocycles. The predicted octanol–water partition coefficient (Wildman–Crippen LogP) is 2.32. The van der Waals surface area contributed by atoms with Crippen molar-refractivity contribution in [1.82, 2.24) is 19.9 Å². The minimum atomic E-state index is -0.157. The number of hydrazone groups is 1. The van der Waals surface area contributed by atoms with Crippen LogP contribution in [0.4, 0.5) is 0 Å². The molecule has 0 aliphatic rings. The van der Waals surface area contributed by atoms with E-state index in [1.807, 2.05) is 74.2 Å². The lowest BCUT2D eigenvalue weighted by atomic mass is 10.1. The first kappa shape index (κ1) is 16.9. The molecule has 0 fully saturated rings. The van der Waals surface area contributed by atoms with Crippen molar-refractivity contribution in [2.24, 2.45) is 5.10 Å². The molecule has 2 aromatic heterocycles. The molecule has 0 spiro atoms. The normalized spacial score (nSPS) is 11.5. The zero-order valence-electron chi connectivity index (χ0n) is 14.6. The highest BCUT2D eigenvalue weighted by molar-refractivity contribution is 5.98. The van der Waals surface area contributed by atoms with Crippen LogP contribution in [0.3, 0.4) is 0 Å². The molecule has 128 valence electrons. The third kappa shape index (κ3) is 3.75. The molecular weight excluding hydrogens is 314 g/mol. The predicted molar refractivity (Wildman–Crippen MR) is 99.7 cm³/mol. The molecule has 0 bridgehead atoms. The average molecular weight is 335 g/mol. The summed E-state index contributed by atoms with van der Waals surface area (Å²) in [6.45, 7) is 2.32. The maximum absolute atomic E-state index is 11.8. The number of carbonyl (C=O) groups excluding carboxylic acids is 1. The Morgan fingerprint density at radius 1 is 1.24 bits per heavy atom. The molecule has 0 saturated carbocycles. The van der Waals surface area contributed by atoms with Crippen LogP contribution in [-0.4, -0.2) is 47.3 Å². The molecular formula is C19H21N5O. The van der Waals surface area contributed by atoms with Crippen LogP contribution in [0.25, 0.3) is 16.8 Å². The van der Waals surface area contributed by atoms with Gasteiger partial charge < -0.3 is 4.90 Å². The number of likely N-dealkylation sites (N-methyl/N-ethyl adjacent to an activating group) is 1. The number of pyridine rings is 1. The van der Waals surface area contributed by atoms with Crippen LogP contribution in [0.15, 0.2) is 53.8 Å². The van der Waals surface area contributed by atoms with Crippen molar-refractivity contribution in [2.45, 2.75) is 6.92 Å². The molecule has 3 aromatic rings. The van der Waals surface area contributed by atoms with Crippen LogP contribution in [0.1, 0.15) is 11.1 Å². The first-order valence-corrected chi connectivity index (χ1v) is 8.06. The summed E-state index contributed by atoms with van der Waals surface area (Å²) < 4.78 is 1.85. The molecule has 6 nitrogen and oxygen atoms in total. The summed E-state index contributed by atoms with van der Waals surface area (Å²) >= 11 is 0. The number of amides is 1. The van der Waals surface area contributed by atoms with Gasteiger partial charge in [0, 0.05) is 17.3 Å². The molecule has 25 heavy (non-hydrogen) atoms. The fourth-order valence-electron chi connectivity index (χ4n) is 2.72. The van der Waals surface area contributed by atoms with Crippen LogP contribution in [0, 0.1) is 6.92 Å². The van der Waals surface area contributed by atoms with E-state index < -0.39 is 0 Å². The van der Waals surface area contributed by atoms with Gasteiger partial charge in [-0.05, 0) is 32.6 Å². The van der Waals surface area contributed by atoms with Gasteiger partial charge in [-0.15, -0.1) is 0 Å². The molecule has 0 aliphatic heterocycles. The minimum Gasteiger partial charge on any atom is -0.301 e. The monoisotopic (exact) mass is 335 g/mol. The quantitative estimate of drug-likeness (QED) is 0.575. The van der Waals surface area contributed by atoms with E-state index in [-0.39, 0.29) is 12.5 Å². The third-order valence-electron chi connectivity index (χ3n) is 3.78. The molecule has 2 heterocycles. The van der Waals surface area contributed by atoms with Crippen molar-refractivity contribution in [3.8, 4) is 11.3 Å². The van der Waals surface area contributed by atoms with Crippen molar-refractivity contribution >= 4 is 17.6 Å². The van der Waals surface area contributed by atoms with E-state index >= 15 is 0 Å². The van der Waals surface area contributed by atoms with Crippen molar-refractivity contribution in [3.05, 3.63) is 59.8 Å². The van der Waals surface area contributed by atoms with Crippen LogP contribution in [-0.2, 0) is 4.79 Å². The second-order valence-electron chi connectivity index (χ2n) is 6.14. The molecule has 0 unspecified atom stereocenters. The number of aryl methyl sites for hydroxylation is 1. The van der Waals surface area contributed by atoms with Gasteiger partial charge in [0.2, 0.25) is 0 Å². The van der Waals surface area contributed by atoms with Crippen molar-refractivity contribution in [3.63, 3.8) is 0 Å². The maximum atomic E-state index is 11.8. The first-order chi connectivity index (χ1) is 12.1. The number of hydrogen-bond donors (Lipinski definition) is 1. The zero-order valence-corrected chi connectivity index (χ0v) is 14.6. The van der Waals surface area contributed by atoms with Gasteiger partial charge in [-0.2, -0.15) is 10.2 Å². The molecule has 1 amide bonds. The number of rotatable bonds is 5. The van der Waals surface area contributed by atoms with E-state index in [9.17, 15) is 4.79 Å². The van der Waals surface area contributed by atoms with Gasteiger partial charge in [0.15, 0.2) is 0 Å². The number of nitrogens with one attached hydrogen (secondary N) is 1. The Morgan fingerprint density at radius 2 is 2.00 bits per heavy atom. The van der Waals surface area contributed by atoms with E-state index in [1.165, 1.54) is 0 Å². The van der Waals surface area contributed by atoms with Crippen LogP contribution in [0.2, 0.25) is 0 Å². The summed E-state index contributed by atoms with van der Waals surface area (Å²) in [5.41, 5.74) is 7.36. The largest absolute Gasteiger partial charge is 0.301 e. The molecule has 0 atom stereocenters. The fraction of sp³-hybridized carbons (Fsp3) is 0.211. The summed E-state index contributed by atoms with van der Waals surface area (Å²) in [5.74, 6) is -0.157. The van der Waals surface area contributed by atoms with Gasteiger partial charge in [-0.3, -0.25) is 4.79 Å². The van der Waals surface area contributed by atoms with Gasteiger partial charge >= 0.3 is 0 Å². The number of benzene rings is 1. The second-order valence-corrected chi connectivity index (χ2v) is 6.14. The highest BCUT2D eigenvalue weighted by Gasteiger charge is 2.14. The van der Waals surface area contributed by atoms with Crippen LogP contribution < -0.4 is 5.43 Å². The lowest BCUT2D eigenvalue weighted by Crippen LogP contribution is -2.30. The number of aromatic nitrogens is 2. The smallest absolute Gasteiger partial charge is 0.254 e. The van der Waals surface area contributed by atoms with Crippen molar-refractivity contribution in [2.75, 3.05) is 20.6 Å². The zero-order chi connectivity index (χ0) is 17.8. The second kappa shape index (κ2) is 7.27. The number of hydrogen-bond acceptors (Lipinski definition) is 4. The number of nitrogens with zero attached hydrogens (tertiary/aromatic N) is 4. The minimum absolute atomic E-state index is 0.157. The highest BCUT2D eigenvalue weighted by atomic mass is 16.2. The Labute approximate surface area is 146 Å². The Kier molecular flexibility index (Phi) is 4.90. The summed E-state index contributed by atoms with van der Waals surface area (Å²) in [5, 5.41) is 8.83. The molecule has 1 aromatic carbocycles. The molecule has 1 N–H and O–H groups in total. The first-order valence-electron chi connectivity index (χ1n) is 8.06.